The molecule has 1 N–H and O–H groups in total. The summed E-state index contributed by atoms with van der Waals surface area (Å²) < 4.78 is 10.5. The van der Waals surface area contributed by atoms with E-state index in [1.165, 1.54) is 5.56 Å². The number of benzene rings is 1. The molecule has 1 fully saturated rings. The van der Waals surface area contributed by atoms with Crippen LogP contribution in [0.3, 0.4) is 0 Å². The molecule has 1 aromatic carbocycles. The van der Waals surface area contributed by atoms with E-state index in [1.54, 1.807) is 14.2 Å². The molecule has 0 unspecified atom stereocenters. The van der Waals surface area contributed by atoms with Crippen LogP contribution < -0.4 is 10.1 Å². The fourth-order valence-corrected chi connectivity index (χ4v) is 3.14. The van der Waals surface area contributed by atoms with Crippen molar-refractivity contribution in [1.82, 2.24) is 10.2 Å². The zero-order valence-electron chi connectivity index (χ0n) is 15.5. The first-order valence-corrected chi connectivity index (χ1v) is 8.93. The third-order valence-electron chi connectivity index (χ3n) is 4.50. The number of carbonyl (C=O) groups excluding carboxylic acids is 1. The minimum Gasteiger partial charge on any atom is -0.496 e. The lowest BCUT2D eigenvalue weighted by atomic mass is 9.97. The minimum atomic E-state index is -0.0683. The monoisotopic (exact) mass is 347 g/mol. The van der Waals surface area contributed by atoms with Gasteiger partial charge in [-0.15, -0.1) is 0 Å². The molecule has 0 aromatic heterocycles. The number of rotatable bonds is 6. The molecule has 0 bridgehead atoms. The number of likely N-dealkylation sites (tertiary alicyclic amines) is 1. The highest BCUT2D eigenvalue weighted by atomic mass is 16.5. The Kier molecular flexibility index (Phi) is 7.57. The van der Waals surface area contributed by atoms with Crippen molar-refractivity contribution in [3.63, 3.8) is 0 Å². The Morgan fingerprint density at radius 3 is 2.68 bits per heavy atom. The summed E-state index contributed by atoms with van der Waals surface area (Å²) in [6.07, 6.45) is 2.49. The SMILES string of the molecule is CCOC(=O)C1CCN(C(=NC)NCCc2ccccc2OC)CC1. The van der Waals surface area contributed by atoms with Gasteiger partial charge < -0.3 is 19.7 Å². The number of hydrogen-bond acceptors (Lipinski definition) is 4. The average Bonchev–Trinajstić information content (AvgIpc) is 2.66. The van der Waals surface area contributed by atoms with E-state index in [2.05, 4.69) is 21.3 Å². The molecule has 2 rings (SSSR count). The van der Waals surface area contributed by atoms with Gasteiger partial charge >= 0.3 is 5.97 Å². The number of ether oxygens (including phenoxy) is 2. The van der Waals surface area contributed by atoms with Crippen molar-refractivity contribution < 1.29 is 14.3 Å². The van der Waals surface area contributed by atoms with Crippen LogP contribution in [-0.4, -0.2) is 57.2 Å². The van der Waals surface area contributed by atoms with Crippen molar-refractivity contribution in [1.29, 1.82) is 0 Å². The van der Waals surface area contributed by atoms with Crippen molar-refractivity contribution in [2.45, 2.75) is 26.2 Å². The van der Waals surface area contributed by atoms with Gasteiger partial charge in [-0.05, 0) is 37.8 Å². The van der Waals surface area contributed by atoms with E-state index in [1.807, 2.05) is 25.1 Å². The van der Waals surface area contributed by atoms with Crippen molar-refractivity contribution in [3.8, 4) is 5.75 Å². The summed E-state index contributed by atoms with van der Waals surface area (Å²) in [5.74, 6) is 1.75. The summed E-state index contributed by atoms with van der Waals surface area (Å²) in [7, 11) is 3.49. The number of esters is 1. The first kappa shape index (κ1) is 19.1. The van der Waals surface area contributed by atoms with E-state index >= 15 is 0 Å². The van der Waals surface area contributed by atoms with E-state index in [0.717, 1.165) is 50.6 Å². The normalized spacial score (nSPS) is 15.8. The highest BCUT2D eigenvalue weighted by Gasteiger charge is 2.27. The molecule has 0 amide bonds. The molecule has 6 nitrogen and oxygen atoms in total. The van der Waals surface area contributed by atoms with Gasteiger partial charge in [0.2, 0.25) is 0 Å². The second-order valence-electron chi connectivity index (χ2n) is 6.05. The lowest BCUT2D eigenvalue weighted by molar-refractivity contribution is -0.149. The van der Waals surface area contributed by atoms with E-state index in [0.29, 0.717) is 6.61 Å². The molecular weight excluding hydrogens is 318 g/mol. The number of methoxy groups -OCH3 is 1. The largest absolute Gasteiger partial charge is 0.496 e. The number of nitrogens with one attached hydrogen (secondary N) is 1. The Hall–Kier alpha value is -2.24. The van der Waals surface area contributed by atoms with Crippen LogP contribution in [0.2, 0.25) is 0 Å². The second kappa shape index (κ2) is 9.91. The lowest BCUT2D eigenvalue weighted by Gasteiger charge is -2.33. The van der Waals surface area contributed by atoms with Crippen LogP contribution in [0.5, 0.6) is 5.75 Å². The van der Waals surface area contributed by atoms with Gasteiger partial charge in [-0.2, -0.15) is 0 Å². The molecule has 0 radical (unpaired) electrons. The van der Waals surface area contributed by atoms with Crippen molar-refractivity contribution in [2.24, 2.45) is 10.9 Å². The quantitative estimate of drug-likeness (QED) is 0.485. The Morgan fingerprint density at radius 2 is 2.04 bits per heavy atom. The van der Waals surface area contributed by atoms with Gasteiger partial charge in [0.15, 0.2) is 5.96 Å². The summed E-state index contributed by atoms with van der Waals surface area (Å²) in [6, 6.07) is 8.05. The Morgan fingerprint density at radius 1 is 1.32 bits per heavy atom. The number of nitrogens with zero attached hydrogens (tertiary/aromatic N) is 2. The number of guanidine groups is 1. The first-order valence-electron chi connectivity index (χ1n) is 8.93. The maximum atomic E-state index is 11.8. The maximum absolute atomic E-state index is 11.8. The van der Waals surface area contributed by atoms with Crippen LogP contribution in [0.4, 0.5) is 0 Å². The number of aliphatic imine (C=N–C) groups is 1. The van der Waals surface area contributed by atoms with Gasteiger partial charge in [-0.1, -0.05) is 18.2 Å². The van der Waals surface area contributed by atoms with Gasteiger partial charge in [0.05, 0.1) is 19.6 Å². The molecule has 1 heterocycles. The number of piperidine rings is 1. The van der Waals surface area contributed by atoms with Gasteiger partial charge in [0.1, 0.15) is 5.75 Å². The van der Waals surface area contributed by atoms with Crippen molar-refractivity contribution in [2.75, 3.05) is 40.4 Å². The summed E-state index contributed by atoms with van der Waals surface area (Å²) in [5, 5.41) is 3.41. The molecule has 25 heavy (non-hydrogen) atoms. The van der Waals surface area contributed by atoms with Crippen LogP contribution in [-0.2, 0) is 16.0 Å². The third kappa shape index (κ3) is 5.37. The van der Waals surface area contributed by atoms with Crippen LogP contribution in [0, 0.1) is 5.92 Å². The fourth-order valence-electron chi connectivity index (χ4n) is 3.14. The first-order chi connectivity index (χ1) is 12.2. The second-order valence-corrected chi connectivity index (χ2v) is 6.05. The summed E-state index contributed by atoms with van der Waals surface area (Å²) >= 11 is 0. The van der Waals surface area contributed by atoms with Crippen molar-refractivity contribution >= 4 is 11.9 Å². The summed E-state index contributed by atoms with van der Waals surface area (Å²) in [6.45, 7) is 4.71. The topological polar surface area (TPSA) is 63.2 Å². The standard InChI is InChI=1S/C19H29N3O3/c1-4-25-18(23)16-10-13-22(14-11-16)19(20-2)21-12-9-15-7-5-6-8-17(15)24-3/h5-8,16H,4,9-14H2,1-3H3,(H,20,21). The predicted octanol–water partition coefficient (Wildman–Crippen LogP) is 2.09. The molecule has 0 atom stereocenters. The molecular formula is C19H29N3O3. The zero-order chi connectivity index (χ0) is 18.1. The summed E-state index contributed by atoms with van der Waals surface area (Å²) in [4.78, 5) is 18.4. The van der Waals surface area contributed by atoms with Crippen LogP contribution in [0.1, 0.15) is 25.3 Å². The molecule has 1 aliphatic rings. The van der Waals surface area contributed by atoms with E-state index in [4.69, 9.17) is 9.47 Å². The molecule has 0 spiro atoms. The number of hydrogen-bond donors (Lipinski definition) is 1. The number of carbonyl (C=O) groups is 1. The van der Waals surface area contributed by atoms with Gasteiger partial charge in [0, 0.05) is 26.7 Å². The summed E-state index contributed by atoms with van der Waals surface area (Å²) in [5.41, 5.74) is 1.17. The van der Waals surface area contributed by atoms with E-state index in [-0.39, 0.29) is 11.9 Å². The van der Waals surface area contributed by atoms with Gasteiger partial charge in [-0.3, -0.25) is 9.79 Å². The van der Waals surface area contributed by atoms with E-state index < -0.39 is 0 Å². The molecule has 0 saturated carbocycles. The highest BCUT2D eigenvalue weighted by molar-refractivity contribution is 5.80. The van der Waals surface area contributed by atoms with Gasteiger partial charge in [0.25, 0.3) is 0 Å². The van der Waals surface area contributed by atoms with Crippen molar-refractivity contribution in [3.05, 3.63) is 29.8 Å². The van der Waals surface area contributed by atoms with E-state index in [9.17, 15) is 4.79 Å². The predicted molar refractivity (Wildman–Crippen MR) is 99.0 cm³/mol. The third-order valence-corrected chi connectivity index (χ3v) is 4.50. The maximum Gasteiger partial charge on any atom is 0.309 e. The zero-order valence-corrected chi connectivity index (χ0v) is 15.5. The van der Waals surface area contributed by atoms with Crippen LogP contribution >= 0.6 is 0 Å². The Labute approximate surface area is 150 Å². The van der Waals surface area contributed by atoms with Gasteiger partial charge in [-0.25, -0.2) is 0 Å². The molecule has 0 aliphatic carbocycles. The molecule has 6 heteroatoms. The lowest BCUT2D eigenvalue weighted by Crippen LogP contribution is -2.47. The molecule has 138 valence electrons. The average molecular weight is 347 g/mol. The smallest absolute Gasteiger partial charge is 0.309 e. The Bertz CT molecular complexity index is 581. The van der Waals surface area contributed by atoms with Crippen LogP contribution in [0.15, 0.2) is 29.3 Å². The molecule has 1 aliphatic heterocycles. The Balaban J connectivity index is 1.80. The fraction of sp³-hybridized carbons (Fsp3) is 0.579. The molecule has 1 saturated heterocycles. The number of para-hydroxylation sites is 1. The molecule has 1 aromatic rings. The van der Waals surface area contributed by atoms with Crippen LogP contribution in [0.25, 0.3) is 0 Å². The minimum absolute atomic E-state index is 0.0166. The highest BCUT2D eigenvalue weighted by Crippen LogP contribution is 2.19.